The molecular weight excluding hydrogens is 636 g/mol. The molecule has 15 heteroatoms. The van der Waals surface area contributed by atoms with E-state index in [4.69, 9.17) is 28.9 Å². The van der Waals surface area contributed by atoms with Gasteiger partial charge in [-0.1, -0.05) is 35.3 Å². The van der Waals surface area contributed by atoms with Crippen LogP contribution in [-0.2, 0) is 4.79 Å². The van der Waals surface area contributed by atoms with Gasteiger partial charge in [0.25, 0.3) is 11.8 Å². The molecule has 0 fully saturated rings. The summed E-state index contributed by atoms with van der Waals surface area (Å²) in [7, 11) is 0. The SMILES string of the molecule is CCN(CC(O)(CNc1cc(C)cc2c1cnn2-c1cccc(C(=O)NCC(N)=O)c1)C(F)(F)F)C(=O)c1c(Cl)cccc1Cl. The average Bonchev–Trinajstić information content (AvgIpc) is 3.40. The summed E-state index contributed by atoms with van der Waals surface area (Å²) >= 11 is 12.2. The van der Waals surface area contributed by atoms with Crippen molar-refractivity contribution in [3.05, 3.63) is 87.5 Å². The van der Waals surface area contributed by atoms with Gasteiger partial charge >= 0.3 is 6.18 Å². The number of nitrogens with one attached hydrogen (secondary N) is 2. The average molecular weight is 666 g/mol. The van der Waals surface area contributed by atoms with E-state index >= 15 is 0 Å². The minimum atomic E-state index is -5.14. The molecule has 4 aromatic rings. The number of primary amides is 1. The third-order valence-corrected chi connectivity index (χ3v) is 7.64. The number of hydrogen-bond donors (Lipinski definition) is 4. The zero-order valence-electron chi connectivity index (χ0n) is 24.1. The standard InChI is InChI=1S/C30H29Cl2F3N6O4/c1-3-40(28(44)26-21(31)8-5-9-22(26)32)16-29(45,30(33,34)35)15-38-23-10-17(2)11-24-20(23)13-39-41(24)19-7-4-6-18(12-19)27(43)37-14-25(36)42/h4-13,38,45H,3,14-16H2,1-2H3,(H2,36,42)(H,37,43). The van der Waals surface area contributed by atoms with Crippen LogP contribution in [0.15, 0.2) is 60.8 Å². The van der Waals surface area contributed by atoms with Crippen molar-refractivity contribution in [3.63, 3.8) is 0 Å². The highest BCUT2D eigenvalue weighted by molar-refractivity contribution is 6.39. The van der Waals surface area contributed by atoms with Gasteiger partial charge in [0.15, 0.2) is 5.60 Å². The highest BCUT2D eigenvalue weighted by Crippen LogP contribution is 2.35. The summed E-state index contributed by atoms with van der Waals surface area (Å²) in [5, 5.41) is 20.8. The molecule has 10 nitrogen and oxygen atoms in total. The first kappa shape index (κ1) is 33.6. The van der Waals surface area contributed by atoms with Crippen LogP contribution in [0.2, 0.25) is 10.0 Å². The third-order valence-electron chi connectivity index (χ3n) is 7.01. The van der Waals surface area contributed by atoms with Crippen LogP contribution in [0, 0.1) is 6.92 Å². The Labute approximate surface area is 265 Å². The van der Waals surface area contributed by atoms with E-state index in [1.807, 2.05) is 0 Å². The van der Waals surface area contributed by atoms with E-state index < -0.39 is 42.6 Å². The molecule has 1 aromatic heterocycles. The van der Waals surface area contributed by atoms with Crippen LogP contribution >= 0.6 is 23.2 Å². The Morgan fingerprint density at radius 3 is 2.36 bits per heavy atom. The van der Waals surface area contributed by atoms with Crippen LogP contribution in [0.1, 0.15) is 33.2 Å². The number of aliphatic hydroxyl groups is 1. The molecule has 0 radical (unpaired) electrons. The van der Waals surface area contributed by atoms with Gasteiger partial charge in [-0.3, -0.25) is 14.4 Å². The normalized spacial score (nSPS) is 12.9. The van der Waals surface area contributed by atoms with E-state index in [0.717, 1.165) is 4.90 Å². The van der Waals surface area contributed by atoms with Crippen molar-refractivity contribution in [3.8, 4) is 5.69 Å². The molecule has 0 spiro atoms. The third kappa shape index (κ3) is 7.32. The number of halogens is 5. The number of aryl methyl sites for hydroxylation is 1. The monoisotopic (exact) mass is 664 g/mol. The van der Waals surface area contributed by atoms with Crippen molar-refractivity contribution in [2.24, 2.45) is 5.73 Å². The van der Waals surface area contributed by atoms with Crippen LogP contribution in [0.4, 0.5) is 18.9 Å². The topological polar surface area (TPSA) is 143 Å². The van der Waals surface area contributed by atoms with Crippen molar-refractivity contribution < 1.29 is 32.7 Å². The maximum atomic E-state index is 14.4. The molecule has 0 aliphatic carbocycles. The van der Waals surface area contributed by atoms with E-state index in [1.165, 1.54) is 48.1 Å². The molecule has 238 valence electrons. The van der Waals surface area contributed by atoms with Crippen LogP contribution in [0.5, 0.6) is 0 Å². The maximum Gasteiger partial charge on any atom is 0.420 e. The van der Waals surface area contributed by atoms with E-state index in [9.17, 15) is 32.7 Å². The first-order valence-electron chi connectivity index (χ1n) is 13.6. The largest absolute Gasteiger partial charge is 0.420 e. The van der Waals surface area contributed by atoms with Crippen molar-refractivity contribution in [2.45, 2.75) is 25.6 Å². The Morgan fingerprint density at radius 2 is 1.73 bits per heavy atom. The molecule has 4 rings (SSSR count). The fourth-order valence-electron chi connectivity index (χ4n) is 4.66. The van der Waals surface area contributed by atoms with Crippen LogP contribution < -0.4 is 16.4 Å². The predicted octanol–water partition coefficient (Wildman–Crippen LogP) is 4.72. The molecule has 45 heavy (non-hydrogen) atoms. The molecule has 1 unspecified atom stereocenters. The number of fused-ring (bicyclic) bond motifs is 1. The number of aromatic nitrogens is 2. The van der Waals surface area contributed by atoms with Gasteiger partial charge in [-0.05, 0) is 61.9 Å². The molecule has 0 aliphatic heterocycles. The lowest BCUT2D eigenvalue weighted by atomic mass is 10.0. The zero-order chi connectivity index (χ0) is 33.1. The van der Waals surface area contributed by atoms with Crippen LogP contribution in [0.25, 0.3) is 16.6 Å². The number of carbonyl (C=O) groups is 3. The summed E-state index contributed by atoms with van der Waals surface area (Å²) in [6.45, 7) is 0.594. The number of alkyl halides is 3. The number of nitrogens with zero attached hydrogens (tertiary/aromatic N) is 3. The number of benzene rings is 3. The molecule has 0 bridgehead atoms. The number of anilines is 1. The van der Waals surface area contributed by atoms with Gasteiger partial charge in [-0.15, -0.1) is 0 Å². The Hall–Kier alpha value is -4.33. The lowest BCUT2D eigenvalue weighted by Gasteiger charge is -2.36. The summed E-state index contributed by atoms with van der Waals surface area (Å²) < 4.78 is 44.7. The summed E-state index contributed by atoms with van der Waals surface area (Å²) in [4.78, 5) is 37.5. The molecule has 0 saturated carbocycles. The molecule has 5 N–H and O–H groups in total. The summed E-state index contributed by atoms with van der Waals surface area (Å²) in [5.74, 6) is -2.10. The smallest absolute Gasteiger partial charge is 0.381 e. The summed E-state index contributed by atoms with van der Waals surface area (Å²) in [6, 6.07) is 14.0. The Morgan fingerprint density at radius 1 is 1.07 bits per heavy atom. The second-order valence-electron chi connectivity index (χ2n) is 10.3. The van der Waals surface area contributed by atoms with E-state index in [2.05, 4.69) is 15.7 Å². The van der Waals surface area contributed by atoms with E-state index in [-0.39, 0.29) is 39.9 Å². The van der Waals surface area contributed by atoms with Crippen molar-refractivity contribution in [1.29, 1.82) is 0 Å². The molecular formula is C30H29Cl2F3N6O4. The van der Waals surface area contributed by atoms with Crippen LogP contribution in [0.3, 0.4) is 0 Å². The predicted molar refractivity (Wildman–Crippen MR) is 165 cm³/mol. The number of amides is 3. The number of likely N-dealkylation sites (N-methyl/N-ethyl adjacent to an activating group) is 1. The highest BCUT2D eigenvalue weighted by Gasteiger charge is 2.55. The zero-order valence-corrected chi connectivity index (χ0v) is 25.6. The molecule has 3 amide bonds. The quantitative estimate of drug-likeness (QED) is 0.183. The van der Waals surface area contributed by atoms with Crippen molar-refractivity contribution in [2.75, 3.05) is 31.5 Å². The molecule has 1 heterocycles. The second kappa shape index (κ2) is 13.3. The fourth-order valence-corrected chi connectivity index (χ4v) is 5.22. The number of carbonyl (C=O) groups excluding carboxylic acids is 3. The first-order valence-corrected chi connectivity index (χ1v) is 14.3. The maximum absolute atomic E-state index is 14.4. The van der Waals surface area contributed by atoms with E-state index in [1.54, 1.807) is 31.2 Å². The first-order chi connectivity index (χ1) is 21.1. The Kier molecular flexibility index (Phi) is 9.95. The number of nitrogens with two attached hydrogens (primary N) is 1. The van der Waals surface area contributed by atoms with Gasteiger partial charge in [0, 0.05) is 23.2 Å². The minimum Gasteiger partial charge on any atom is -0.381 e. The number of rotatable bonds is 11. The van der Waals surface area contributed by atoms with Crippen LogP contribution in [-0.4, -0.2) is 75.5 Å². The van der Waals surface area contributed by atoms with Gasteiger partial charge in [-0.2, -0.15) is 18.3 Å². The molecule has 3 aromatic carbocycles. The lowest BCUT2D eigenvalue weighted by Crippen LogP contribution is -2.58. The summed E-state index contributed by atoms with van der Waals surface area (Å²) in [6.07, 6.45) is -3.70. The highest BCUT2D eigenvalue weighted by atomic mass is 35.5. The Bertz CT molecular complexity index is 1740. The second-order valence-corrected chi connectivity index (χ2v) is 11.1. The van der Waals surface area contributed by atoms with Gasteiger partial charge < -0.3 is 26.4 Å². The van der Waals surface area contributed by atoms with Gasteiger partial charge in [0.05, 0.1) is 52.6 Å². The van der Waals surface area contributed by atoms with E-state index in [0.29, 0.717) is 22.2 Å². The minimum absolute atomic E-state index is 0.0318. The molecule has 1 atom stereocenters. The number of hydrogen-bond acceptors (Lipinski definition) is 6. The summed E-state index contributed by atoms with van der Waals surface area (Å²) in [5.41, 5.74) is 3.67. The van der Waals surface area contributed by atoms with Crippen molar-refractivity contribution >= 4 is 57.5 Å². The molecule has 0 aliphatic rings. The fraction of sp³-hybridized carbons (Fsp3) is 0.267. The van der Waals surface area contributed by atoms with Gasteiger partial charge in [-0.25, -0.2) is 4.68 Å². The Balaban J connectivity index is 1.63. The van der Waals surface area contributed by atoms with Gasteiger partial charge in [0.1, 0.15) is 0 Å². The van der Waals surface area contributed by atoms with Crippen molar-refractivity contribution in [1.82, 2.24) is 20.0 Å². The van der Waals surface area contributed by atoms with Gasteiger partial charge in [0.2, 0.25) is 5.91 Å². The lowest BCUT2D eigenvalue weighted by molar-refractivity contribution is -0.257. The molecule has 0 saturated heterocycles.